The summed E-state index contributed by atoms with van der Waals surface area (Å²) in [5.74, 6) is 0. The van der Waals surface area contributed by atoms with Crippen LogP contribution in [0.5, 0.6) is 0 Å². The number of benzene rings is 1. The molecule has 0 atom stereocenters. The molecule has 2 amide bonds. The van der Waals surface area contributed by atoms with Gasteiger partial charge < -0.3 is 15.6 Å². The van der Waals surface area contributed by atoms with Gasteiger partial charge >= 0.3 is 6.03 Å². The standard InChI is InChI=1S/C17H21N5O/c23-17(18-8-3-11-22-12-4-9-21-22)19-10-7-14-13-20-16-6-2-1-5-15(14)16/h1-2,4-6,9,12-13,20H,3,7-8,10-11H2,(H2,18,19,23). The molecular weight excluding hydrogens is 290 g/mol. The second kappa shape index (κ2) is 7.49. The number of carbonyl (C=O) groups is 1. The van der Waals surface area contributed by atoms with E-state index >= 15 is 0 Å². The fraction of sp³-hybridized carbons (Fsp3) is 0.294. The first-order valence-electron chi connectivity index (χ1n) is 7.87. The van der Waals surface area contributed by atoms with Crippen LogP contribution in [0.4, 0.5) is 4.79 Å². The van der Waals surface area contributed by atoms with Crippen LogP contribution in [0.2, 0.25) is 0 Å². The fourth-order valence-corrected chi connectivity index (χ4v) is 2.59. The second-order valence-electron chi connectivity index (χ2n) is 5.41. The van der Waals surface area contributed by atoms with E-state index in [-0.39, 0.29) is 6.03 Å². The minimum absolute atomic E-state index is 0.120. The van der Waals surface area contributed by atoms with Gasteiger partial charge in [-0.05, 0) is 30.5 Å². The zero-order valence-electron chi connectivity index (χ0n) is 13.0. The van der Waals surface area contributed by atoms with Gasteiger partial charge in [-0.2, -0.15) is 5.10 Å². The minimum Gasteiger partial charge on any atom is -0.361 e. The van der Waals surface area contributed by atoms with Crippen molar-refractivity contribution in [2.45, 2.75) is 19.4 Å². The van der Waals surface area contributed by atoms with Crippen molar-refractivity contribution in [1.29, 1.82) is 0 Å². The van der Waals surface area contributed by atoms with Crippen LogP contribution in [-0.4, -0.2) is 33.9 Å². The number of amides is 2. The summed E-state index contributed by atoms with van der Waals surface area (Å²) < 4.78 is 1.86. The highest BCUT2D eigenvalue weighted by molar-refractivity contribution is 5.83. The van der Waals surface area contributed by atoms with Crippen LogP contribution >= 0.6 is 0 Å². The van der Waals surface area contributed by atoms with E-state index in [2.05, 4.69) is 32.8 Å². The molecule has 3 aromatic rings. The van der Waals surface area contributed by atoms with Gasteiger partial charge in [0.15, 0.2) is 0 Å². The smallest absolute Gasteiger partial charge is 0.314 e. The molecule has 0 aliphatic carbocycles. The van der Waals surface area contributed by atoms with Gasteiger partial charge in [-0.25, -0.2) is 4.79 Å². The lowest BCUT2D eigenvalue weighted by atomic mass is 10.1. The molecule has 1 aromatic carbocycles. The van der Waals surface area contributed by atoms with Gasteiger partial charge in [-0.1, -0.05) is 18.2 Å². The summed E-state index contributed by atoms with van der Waals surface area (Å²) in [6.45, 7) is 2.06. The number of aromatic amines is 1. The Morgan fingerprint density at radius 2 is 2.04 bits per heavy atom. The number of hydrogen-bond donors (Lipinski definition) is 3. The third kappa shape index (κ3) is 4.12. The van der Waals surface area contributed by atoms with Crippen LogP contribution < -0.4 is 10.6 Å². The van der Waals surface area contributed by atoms with Crippen LogP contribution in [-0.2, 0) is 13.0 Å². The number of aryl methyl sites for hydroxylation is 1. The van der Waals surface area contributed by atoms with Crippen molar-refractivity contribution < 1.29 is 4.79 Å². The number of carbonyl (C=O) groups excluding carboxylic acids is 1. The molecule has 6 nitrogen and oxygen atoms in total. The lowest BCUT2D eigenvalue weighted by Gasteiger charge is -2.07. The molecule has 3 rings (SSSR count). The van der Waals surface area contributed by atoms with Crippen molar-refractivity contribution in [3.63, 3.8) is 0 Å². The third-order valence-electron chi connectivity index (χ3n) is 3.76. The van der Waals surface area contributed by atoms with Gasteiger partial charge in [0.2, 0.25) is 0 Å². The second-order valence-corrected chi connectivity index (χ2v) is 5.41. The Balaban J connectivity index is 1.34. The molecule has 0 fully saturated rings. The van der Waals surface area contributed by atoms with Crippen molar-refractivity contribution in [3.8, 4) is 0 Å². The maximum absolute atomic E-state index is 11.7. The lowest BCUT2D eigenvalue weighted by molar-refractivity contribution is 0.240. The predicted octanol–water partition coefficient (Wildman–Crippen LogP) is 2.30. The average Bonchev–Trinajstić information content (AvgIpc) is 3.22. The highest BCUT2D eigenvalue weighted by atomic mass is 16.2. The Morgan fingerprint density at radius 3 is 2.91 bits per heavy atom. The first kappa shape index (κ1) is 15.1. The van der Waals surface area contributed by atoms with Crippen molar-refractivity contribution >= 4 is 16.9 Å². The Hall–Kier alpha value is -2.76. The van der Waals surface area contributed by atoms with Crippen molar-refractivity contribution in [2.24, 2.45) is 0 Å². The molecule has 0 spiro atoms. The van der Waals surface area contributed by atoms with E-state index in [1.807, 2.05) is 35.3 Å². The zero-order chi connectivity index (χ0) is 15.9. The number of nitrogens with one attached hydrogen (secondary N) is 3. The highest BCUT2D eigenvalue weighted by Gasteiger charge is 2.04. The largest absolute Gasteiger partial charge is 0.361 e. The molecule has 0 unspecified atom stereocenters. The topological polar surface area (TPSA) is 74.7 Å². The summed E-state index contributed by atoms with van der Waals surface area (Å²) in [4.78, 5) is 15.0. The van der Waals surface area contributed by atoms with Crippen LogP contribution in [0.25, 0.3) is 10.9 Å². The molecule has 0 bridgehead atoms. The van der Waals surface area contributed by atoms with E-state index in [9.17, 15) is 4.79 Å². The van der Waals surface area contributed by atoms with E-state index in [1.165, 1.54) is 10.9 Å². The van der Waals surface area contributed by atoms with Gasteiger partial charge in [0.05, 0.1) is 0 Å². The van der Waals surface area contributed by atoms with Crippen LogP contribution in [0.3, 0.4) is 0 Å². The summed E-state index contributed by atoms with van der Waals surface area (Å²) in [5, 5.41) is 11.1. The molecule has 0 saturated carbocycles. The SMILES string of the molecule is O=C(NCCCn1cccn1)NCCc1c[nH]c2ccccc12. The summed E-state index contributed by atoms with van der Waals surface area (Å²) in [6, 6.07) is 9.96. The molecule has 2 heterocycles. The summed E-state index contributed by atoms with van der Waals surface area (Å²) >= 11 is 0. The summed E-state index contributed by atoms with van der Waals surface area (Å²) in [7, 11) is 0. The molecular formula is C17H21N5O. The summed E-state index contributed by atoms with van der Waals surface area (Å²) in [6.07, 6.45) is 7.35. The number of aromatic nitrogens is 3. The van der Waals surface area contributed by atoms with Gasteiger partial charge in [-0.15, -0.1) is 0 Å². The van der Waals surface area contributed by atoms with Gasteiger partial charge in [0.1, 0.15) is 0 Å². The Labute approximate surface area is 134 Å². The Bertz CT molecular complexity index is 747. The van der Waals surface area contributed by atoms with Gasteiger partial charge in [0, 0.05) is 49.1 Å². The van der Waals surface area contributed by atoms with E-state index in [1.54, 1.807) is 6.20 Å². The molecule has 0 aliphatic rings. The molecule has 0 aliphatic heterocycles. The molecule has 120 valence electrons. The molecule has 6 heteroatoms. The zero-order valence-corrected chi connectivity index (χ0v) is 13.0. The number of para-hydroxylation sites is 1. The van der Waals surface area contributed by atoms with Crippen molar-refractivity contribution in [1.82, 2.24) is 25.4 Å². The number of urea groups is 1. The monoisotopic (exact) mass is 311 g/mol. The van der Waals surface area contributed by atoms with Gasteiger partial charge in [-0.3, -0.25) is 4.68 Å². The maximum atomic E-state index is 11.7. The first-order chi connectivity index (χ1) is 11.3. The van der Waals surface area contributed by atoms with E-state index in [4.69, 9.17) is 0 Å². The first-order valence-corrected chi connectivity index (χ1v) is 7.87. The molecule has 0 saturated heterocycles. The van der Waals surface area contributed by atoms with Crippen LogP contribution in [0.15, 0.2) is 48.9 Å². The Morgan fingerprint density at radius 1 is 1.17 bits per heavy atom. The fourth-order valence-electron chi connectivity index (χ4n) is 2.59. The number of hydrogen-bond acceptors (Lipinski definition) is 2. The van der Waals surface area contributed by atoms with E-state index in [0.29, 0.717) is 13.1 Å². The highest BCUT2D eigenvalue weighted by Crippen LogP contribution is 2.17. The third-order valence-corrected chi connectivity index (χ3v) is 3.76. The minimum atomic E-state index is -0.120. The maximum Gasteiger partial charge on any atom is 0.314 e. The average molecular weight is 311 g/mol. The predicted molar refractivity (Wildman–Crippen MR) is 90.2 cm³/mol. The number of H-pyrrole nitrogens is 1. The van der Waals surface area contributed by atoms with Crippen molar-refractivity contribution in [3.05, 3.63) is 54.5 Å². The van der Waals surface area contributed by atoms with Crippen LogP contribution in [0.1, 0.15) is 12.0 Å². The molecule has 23 heavy (non-hydrogen) atoms. The van der Waals surface area contributed by atoms with E-state index in [0.717, 1.165) is 24.9 Å². The number of rotatable bonds is 7. The molecule has 2 aromatic heterocycles. The number of nitrogens with zero attached hydrogens (tertiary/aromatic N) is 2. The van der Waals surface area contributed by atoms with Crippen LogP contribution in [0, 0.1) is 0 Å². The van der Waals surface area contributed by atoms with E-state index < -0.39 is 0 Å². The van der Waals surface area contributed by atoms with Gasteiger partial charge in [0.25, 0.3) is 0 Å². The molecule has 3 N–H and O–H groups in total. The normalized spacial score (nSPS) is 10.8. The summed E-state index contributed by atoms with van der Waals surface area (Å²) in [5.41, 5.74) is 2.35. The Kier molecular flexibility index (Phi) is 4.93. The number of fused-ring (bicyclic) bond motifs is 1. The molecule has 0 radical (unpaired) electrons. The van der Waals surface area contributed by atoms with Crippen molar-refractivity contribution in [2.75, 3.05) is 13.1 Å². The quantitative estimate of drug-likeness (QED) is 0.586. The lowest BCUT2D eigenvalue weighted by Crippen LogP contribution is -2.37.